The third-order valence-electron chi connectivity index (χ3n) is 5.89. The van der Waals surface area contributed by atoms with E-state index in [1.165, 1.54) is 25.8 Å². The van der Waals surface area contributed by atoms with Crippen LogP contribution in [-0.2, 0) is 14.3 Å². The first-order valence-corrected chi connectivity index (χ1v) is 11.6. The Morgan fingerprint density at radius 3 is 2.16 bits per heavy atom. The van der Waals surface area contributed by atoms with Crippen molar-refractivity contribution in [2.75, 3.05) is 12.9 Å². The van der Waals surface area contributed by atoms with Gasteiger partial charge in [-0.05, 0) is 29.9 Å². The summed E-state index contributed by atoms with van der Waals surface area (Å²) in [5, 5.41) is 12.6. The highest BCUT2D eigenvalue weighted by atomic mass is 32.2. The van der Waals surface area contributed by atoms with E-state index in [2.05, 4.69) is 0 Å². The van der Waals surface area contributed by atoms with Crippen LogP contribution in [0.4, 0.5) is 0 Å². The van der Waals surface area contributed by atoms with E-state index in [-0.39, 0.29) is 16.0 Å². The van der Waals surface area contributed by atoms with E-state index in [0.29, 0.717) is 24.2 Å². The number of methoxy groups -OCH3 is 1. The number of ether oxygens (including phenoxy) is 1. The van der Waals surface area contributed by atoms with E-state index >= 15 is 0 Å². The number of benzene rings is 2. The highest BCUT2D eigenvalue weighted by Gasteiger charge is 2.50. The normalized spacial score (nSPS) is 22.6. The van der Waals surface area contributed by atoms with Crippen LogP contribution in [0.25, 0.3) is 0 Å². The second-order valence-corrected chi connectivity index (χ2v) is 9.13. The molecule has 0 aromatic heterocycles. The fourth-order valence-electron chi connectivity index (χ4n) is 4.60. The van der Waals surface area contributed by atoms with Gasteiger partial charge in [-0.15, -0.1) is 0 Å². The van der Waals surface area contributed by atoms with Gasteiger partial charge in [-0.2, -0.15) is 0 Å². The number of carbonyl (C=O) groups is 2. The molecule has 2 aromatic carbocycles. The van der Waals surface area contributed by atoms with Crippen LogP contribution in [0.2, 0.25) is 0 Å². The maximum Gasteiger partial charge on any atom is 0.334 e. The minimum Gasteiger partial charge on any atom is -0.466 e. The summed E-state index contributed by atoms with van der Waals surface area (Å²) in [5.41, 5.74) is 1.92. The van der Waals surface area contributed by atoms with E-state index in [4.69, 9.17) is 4.74 Å². The molecule has 168 valence electrons. The van der Waals surface area contributed by atoms with Crippen molar-refractivity contribution >= 4 is 22.8 Å². The zero-order valence-corrected chi connectivity index (χ0v) is 19.0. The minimum absolute atomic E-state index is 0.0476. The Balaban J connectivity index is 2.11. The fourth-order valence-corrected chi connectivity index (χ4v) is 5.20. The van der Waals surface area contributed by atoms with Crippen LogP contribution in [0, 0.1) is 16.0 Å². The van der Waals surface area contributed by atoms with Crippen molar-refractivity contribution in [2.24, 2.45) is 5.92 Å². The Morgan fingerprint density at radius 2 is 1.62 bits per heavy atom. The molecule has 3 rings (SSSR count). The Kier molecular flexibility index (Phi) is 8.22. The number of nitro groups is 1. The summed E-state index contributed by atoms with van der Waals surface area (Å²) in [6.07, 6.45) is 3.22. The Labute approximate surface area is 192 Å². The van der Waals surface area contributed by atoms with Crippen LogP contribution in [0.3, 0.4) is 0 Å². The summed E-state index contributed by atoms with van der Waals surface area (Å²) in [5.74, 6) is -1.26. The molecule has 0 spiro atoms. The smallest absolute Gasteiger partial charge is 0.334 e. The first-order valence-electron chi connectivity index (χ1n) is 10.6. The zero-order valence-electron chi connectivity index (χ0n) is 18.2. The predicted octanol–water partition coefficient (Wildman–Crippen LogP) is 4.99. The highest BCUT2D eigenvalue weighted by Crippen LogP contribution is 2.47. The predicted molar refractivity (Wildman–Crippen MR) is 125 cm³/mol. The Bertz CT molecular complexity index is 976. The lowest BCUT2D eigenvalue weighted by Crippen LogP contribution is -2.43. The number of thioether (sulfide) groups is 1. The summed E-state index contributed by atoms with van der Waals surface area (Å²) in [6.45, 7) is 1.53. The van der Waals surface area contributed by atoms with Crippen LogP contribution < -0.4 is 0 Å². The molecule has 0 saturated heterocycles. The molecule has 7 heteroatoms. The quantitative estimate of drug-likeness (QED) is 0.242. The molecule has 0 saturated carbocycles. The van der Waals surface area contributed by atoms with E-state index in [1.807, 2.05) is 66.7 Å². The van der Waals surface area contributed by atoms with E-state index in [1.54, 1.807) is 0 Å². The van der Waals surface area contributed by atoms with Gasteiger partial charge in [0.1, 0.15) is 0 Å². The molecule has 0 heterocycles. The number of hydrogen-bond acceptors (Lipinski definition) is 6. The van der Waals surface area contributed by atoms with Crippen LogP contribution in [0.5, 0.6) is 0 Å². The third kappa shape index (κ3) is 5.46. The van der Waals surface area contributed by atoms with Crippen molar-refractivity contribution < 1.29 is 19.2 Å². The van der Waals surface area contributed by atoms with Gasteiger partial charge in [0.25, 0.3) is 0 Å². The van der Waals surface area contributed by atoms with Gasteiger partial charge in [-0.3, -0.25) is 14.9 Å². The lowest BCUT2D eigenvalue weighted by molar-refractivity contribution is -0.531. The molecule has 0 bridgehead atoms. The number of allylic oxidation sites excluding steroid dienone is 1. The van der Waals surface area contributed by atoms with Gasteiger partial charge < -0.3 is 4.74 Å². The first kappa shape index (κ1) is 23.7. The maximum atomic E-state index is 12.8. The number of hydrogen-bond donors (Lipinski definition) is 0. The molecule has 1 aliphatic carbocycles. The monoisotopic (exact) mass is 453 g/mol. The summed E-state index contributed by atoms with van der Waals surface area (Å²) >= 11 is 1.25. The number of esters is 1. The average molecular weight is 454 g/mol. The second-order valence-electron chi connectivity index (χ2n) is 7.86. The van der Waals surface area contributed by atoms with Gasteiger partial charge in [-0.25, -0.2) is 4.79 Å². The molecular weight excluding hydrogens is 426 g/mol. The molecule has 2 aromatic rings. The maximum absolute atomic E-state index is 12.8. The summed E-state index contributed by atoms with van der Waals surface area (Å²) < 4.78 is 5.04. The molecule has 1 aliphatic rings. The van der Waals surface area contributed by atoms with Gasteiger partial charge in [0.15, 0.2) is 5.12 Å². The van der Waals surface area contributed by atoms with E-state index < -0.39 is 23.8 Å². The molecule has 0 unspecified atom stereocenters. The van der Waals surface area contributed by atoms with Crippen molar-refractivity contribution in [2.45, 2.75) is 37.6 Å². The number of carbonyl (C=O) groups excluding carboxylic acids is 2. The molecule has 0 amide bonds. The van der Waals surface area contributed by atoms with Crippen molar-refractivity contribution in [1.29, 1.82) is 0 Å². The average Bonchev–Trinajstić information content (AvgIpc) is 2.81. The van der Waals surface area contributed by atoms with E-state index in [9.17, 15) is 19.7 Å². The largest absolute Gasteiger partial charge is 0.466 e. The zero-order chi connectivity index (χ0) is 23.1. The SMILES string of the molecule is COC(=O)C1=C[C@H](CCCSC(C)=O)[C@@H](c2ccccc2)[C@@H]([N+](=O)[O-])[C@@H]1c1ccccc1. The summed E-state index contributed by atoms with van der Waals surface area (Å²) in [7, 11) is 1.30. The fraction of sp³-hybridized carbons (Fsp3) is 0.360. The van der Waals surface area contributed by atoms with Crippen LogP contribution in [0.15, 0.2) is 72.3 Å². The molecule has 0 radical (unpaired) electrons. The van der Waals surface area contributed by atoms with Gasteiger partial charge in [0.05, 0.1) is 18.9 Å². The molecular formula is C25H27NO5S. The lowest BCUT2D eigenvalue weighted by atomic mass is 9.65. The van der Waals surface area contributed by atoms with Crippen LogP contribution >= 0.6 is 11.8 Å². The van der Waals surface area contributed by atoms with Crippen molar-refractivity contribution in [3.8, 4) is 0 Å². The molecule has 4 atom stereocenters. The standard InChI is InChI=1S/C25H27NO5S/c1-17(27)32-15-9-14-20-16-21(25(28)31-2)23(19-12-7-4-8-13-19)24(26(29)30)22(20)18-10-5-3-6-11-18/h3-8,10-13,16,20,22-24H,9,14-15H2,1-2H3/t20-,22+,23+,24+/m0/s1. The topological polar surface area (TPSA) is 86.5 Å². The molecule has 32 heavy (non-hydrogen) atoms. The number of rotatable bonds is 8. The molecule has 0 fully saturated rings. The molecule has 6 nitrogen and oxygen atoms in total. The van der Waals surface area contributed by atoms with Crippen LogP contribution in [0.1, 0.15) is 42.7 Å². The third-order valence-corrected chi connectivity index (χ3v) is 6.79. The van der Waals surface area contributed by atoms with Crippen LogP contribution in [-0.4, -0.2) is 34.9 Å². The van der Waals surface area contributed by atoms with Crippen molar-refractivity contribution in [3.05, 3.63) is 93.6 Å². The van der Waals surface area contributed by atoms with Gasteiger partial charge in [0, 0.05) is 23.2 Å². The summed E-state index contributed by atoms with van der Waals surface area (Å²) in [4.78, 5) is 36.3. The number of nitrogens with zero attached hydrogens (tertiary/aromatic N) is 1. The van der Waals surface area contributed by atoms with E-state index in [0.717, 1.165) is 11.1 Å². The molecule has 0 N–H and O–H groups in total. The molecule has 0 aliphatic heterocycles. The van der Waals surface area contributed by atoms with Crippen molar-refractivity contribution in [1.82, 2.24) is 0 Å². The Morgan fingerprint density at radius 1 is 1.03 bits per heavy atom. The van der Waals surface area contributed by atoms with Crippen molar-refractivity contribution in [3.63, 3.8) is 0 Å². The first-order chi connectivity index (χ1) is 15.4. The Hall–Kier alpha value is -2.93. The van der Waals surface area contributed by atoms with Gasteiger partial charge >= 0.3 is 5.97 Å². The lowest BCUT2D eigenvalue weighted by Gasteiger charge is -2.37. The summed E-state index contributed by atoms with van der Waals surface area (Å²) in [6, 6.07) is 17.6. The highest BCUT2D eigenvalue weighted by molar-refractivity contribution is 8.13. The second kappa shape index (κ2) is 11.1. The van der Waals surface area contributed by atoms with Gasteiger partial charge in [0.2, 0.25) is 6.04 Å². The van der Waals surface area contributed by atoms with Gasteiger partial charge in [-0.1, -0.05) is 78.5 Å². The minimum atomic E-state index is -1.02.